The van der Waals surface area contributed by atoms with Crippen LogP contribution in [0.1, 0.15) is 22.3 Å². The molecule has 0 amide bonds. The van der Waals surface area contributed by atoms with Gasteiger partial charge in [-0.2, -0.15) is 10.1 Å². The number of benzene rings is 2. The average Bonchev–Trinajstić information content (AvgIpc) is 2.61. The summed E-state index contributed by atoms with van der Waals surface area (Å²) in [5.74, 6) is 1.23. The maximum atomic E-state index is 4.45. The van der Waals surface area contributed by atoms with E-state index in [1.807, 2.05) is 12.1 Å². The monoisotopic (exact) mass is 319 g/mol. The number of hydrogen-bond donors (Lipinski definition) is 2. The van der Waals surface area contributed by atoms with Gasteiger partial charge in [0.05, 0.1) is 6.20 Å². The van der Waals surface area contributed by atoms with Crippen molar-refractivity contribution in [2.45, 2.75) is 26.9 Å². The number of rotatable bonds is 6. The summed E-state index contributed by atoms with van der Waals surface area (Å²) in [4.78, 5) is 4.45. The van der Waals surface area contributed by atoms with E-state index in [-0.39, 0.29) is 0 Å². The molecule has 122 valence electrons. The highest BCUT2D eigenvalue weighted by atomic mass is 15.3. The first-order valence-electron chi connectivity index (χ1n) is 7.98. The third kappa shape index (κ3) is 4.29. The van der Waals surface area contributed by atoms with Crippen molar-refractivity contribution in [3.8, 4) is 0 Å². The average molecular weight is 319 g/mol. The largest absolute Gasteiger partial charge is 0.365 e. The molecule has 0 radical (unpaired) electrons. The molecule has 0 saturated carbocycles. The van der Waals surface area contributed by atoms with Crippen LogP contribution in [0.5, 0.6) is 0 Å². The molecule has 5 heteroatoms. The van der Waals surface area contributed by atoms with Crippen molar-refractivity contribution in [3.63, 3.8) is 0 Å². The minimum atomic E-state index is 0.519. The predicted molar refractivity (Wildman–Crippen MR) is 96.8 cm³/mol. The Morgan fingerprint density at radius 1 is 0.875 bits per heavy atom. The molecule has 0 saturated heterocycles. The first-order valence-corrected chi connectivity index (χ1v) is 7.98. The Balaban J connectivity index is 1.59. The second kappa shape index (κ2) is 7.55. The van der Waals surface area contributed by atoms with E-state index < -0.39 is 0 Å². The number of nitrogens with zero attached hydrogens (tertiary/aromatic N) is 3. The summed E-state index contributed by atoms with van der Waals surface area (Å²) in [5, 5.41) is 14.5. The van der Waals surface area contributed by atoms with E-state index in [4.69, 9.17) is 0 Å². The van der Waals surface area contributed by atoms with Crippen LogP contribution in [0.25, 0.3) is 0 Å². The second-order valence-corrected chi connectivity index (χ2v) is 5.78. The second-order valence-electron chi connectivity index (χ2n) is 5.78. The van der Waals surface area contributed by atoms with Crippen LogP contribution < -0.4 is 10.6 Å². The van der Waals surface area contributed by atoms with Crippen LogP contribution in [0.4, 0.5) is 11.8 Å². The quantitative estimate of drug-likeness (QED) is 0.725. The van der Waals surface area contributed by atoms with Crippen molar-refractivity contribution in [2.75, 3.05) is 10.6 Å². The third-order valence-electron chi connectivity index (χ3n) is 3.85. The Morgan fingerprint density at radius 3 is 2.46 bits per heavy atom. The number of nitrogens with one attached hydrogen (secondary N) is 2. The van der Waals surface area contributed by atoms with E-state index in [9.17, 15) is 0 Å². The van der Waals surface area contributed by atoms with Crippen LogP contribution in [0.3, 0.4) is 0 Å². The zero-order valence-electron chi connectivity index (χ0n) is 14.0. The summed E-state index contributed by atoms with van der Waals surface area (Å²) in [6.07, 6.45) is 1.63. The van der Waals surface area contributed by atoms with Gasteiger partial charge in [0.1, 0.15) is 0 Å². The van der Waals surface area contributed by atoms with Crippen molar-refractivity contribution < 1.29 is 0 Å². The van der Waals surface area contributed by atoms with Gasteiger partial charge in [-0.25, -0.2) is 0 Å². The SMILES string of the molecule is Cc1ccc(CNc2nncc(NCc3ccccc3C)n2)cc1. The number of anilines is 2. The highest BCUT2D eigenvalue weighted by Crippen LogP contribution is 2.11. The van der Waals surface area contributed by atoms with Gasteiger partial charge in [0.2, 0.25) is 5.95 Å². The first kappa shape index (κ1) is 15.9. The minimum absolute atomic E-state index is 0.519. The maximum Gasteiger partial charge on any atom is 0.244 e. The molecule has 0 aliphatic carbocycles. The van der Waals surface area contributed by atoms with Crippen LogP contribution in [-0.4, -0.2) is 15.2 Å². The molecule has 0 unspecified atom stereocenters. The van der Waals surface area contributed by atoms with Gasteiger partial charge in [-0.1, -0.05) is 54.1 Å². The van der Waals surface area contributed by atoms with E-state index >= 15 is 0 Å². The molecule has 0 fully saturated rings. The van der Waals surface area contributed by atoms with Crippen LogP contribution in [0, 0.1) is 13.8 Å². The zero-order chi connectivity index (χ0) is 16.8. The molecule has 24 heavy (non-hydrogen) atoms. The molecule has 1 heterocycles. The topological polar surface area (TPSA) is 62.7 Å². The zero-order valence-corrected chi connectivity index (χ0v) is 14.0. The minimum Gasteiger partial charge on any atom is -0.365 e. The molecule has 3 rings (SSSR count). The Morgan fingerprint density at radius 2 is 1.67 bits per heavy atom. The standard InChI is InChI=1S/C19H21N5/c1-14-7-9-16(10-8-14)11-21-19-23-18(13-22-24-19)20-12-17-6-4-3-5-15(17)2/h3-10,13H,11-12H2,1-2H3,(H2,20,21,23,24). The summed E-state index contributed by atoms with van der Waals surface area (Å²) in [6.45, 7) is 5.56. The Labute approximate surface area is 142 Å². The van der Waals surface area contributed by atoms with E-state index in [1.54, 1.807) is 6.20 Å². The summed E-state index contributed by atoms with van der Waals surface area (Å²) in [6, 6.07) is 16.7. The molecule has 2 aromatic carbocycles. The lowest BCUT2D eigenvalue weighted by atomic mass is 10.1. The maximum absolute atomic E-state index is 4.45. The molecule has 2 N–H and O–H groups in total. The third-order valence-corrected chi connectivity index (χ3v) is 3.85. The number of aromatic nitrogens is 3. The van der Waals surface area contributed by atoms with Crippen LogP contribution in [-0.2, 0) is 13.1 Å². The molecule has 0 bridgehead atoms. The predicted octanol–water partition coefficient (Wildman–Crippen LogP) is 3.71. The van der Waals surface area contributed by atoms with Gasteiger partial charge >= 0.3 is 0 Å². The lowest BCUT2D eigenvalue weighted by Gasteiger charge is -2.09. The normalized spacial score (nSPS) is 10.4. The summed E-state index contributed by atoms with van der Waals surface area (Å²) < 4.78 is 0. The molecule has 3 aromatic rings. The molecule has 0 aliphatic rings. The fourth-order valence-corrected chi connectivity index (χ4v) is 2.34. The van der Waals surface area contributed by atoms with Gasteiger partial charge < -0.3 is 10.6 Å². The molecule has 5 nitrogen and oxygen atoms in total. The smallest absolute Gasteiger partial charge is 0.244 e. The Hall–Kier alpha value is -2.95. The molecule has 0 aliphatic heterocycles. The van der Waals surface area contributed by atoms with Gasteiger partial charge in [0.25, 0.3) is 0 Å². The molecular weight excluding hydrogens is 298 g/mol. The van der Waals surface area contributed by atoms with Crippen molar-refractivity contribution in [1.29, 1.82) is 0 Å². The van der Waals surface area contributed by atoms with E-state index in [0.29, 0.717) is 24.9 Å². The summed E-state index contributed by atoms with van der Waals surface area (Å²) in [7, 11) is 0. The van der Waals surface area contributed by atoms with Crippen LogP contribution in [0.2, 0.25) is 0 Å². The van der Waals surface area contributed by atoms with Gasteiger partial charge in [0, 0.05) is 13.1 Å². The highest BCUT2D eigenvalue weighted by Gasteiger charge is 2.02. The molecule has 0 spiro atoms. The van der Waals surface area contributed by atoms with Gasteiger partial charge in [-0.3, -0.25) is 0 Å². The van der Waals surface area contributed by atoms with E-state index in [2.05, 4.69) is 76.1 Å². The van der Waals surface area contributed by atoms with E-state index in [1.165, 1.54) is 22.3 Å². The lowest BCUT2D eigenvalue weighted by Crippen LogP contribution is -2.08. The number of aryl methyl sites for hydroxylation is 2. The number of hydrogen-bond acceptors (Lipinski definition) is 5. The van der Waals surface area contributed by atoms with Crippen molar-refractivity contribution in [1.82, 2.24) is 15.2 Å². The lowest BCUT2D eigenvalue weighted by molar-refractivity contribution is 0.936. The van der Waals surface area contributed by atoms with Crippen LogP contribution in [0.15, 0.2) is 54.7 Å². The van der Waals surface area contributed by atoms with Crippen molar-refractivity contribution in [3.05, 3.63) is 77.0 Å². The molecule has 0 atom stereocenters. The summed E-state index contributed by atoms with van der Waals surface area (Å²) >= 11 is 0. The van der Waals surface area contributed by atoms with Gasteiger partial charge in [-0.15, -0.1) is 5.10 Å². The van der Waals surface area contributed by atoms with Gasteiger partial charge in [-0.05, 0) is 30.5 Å². The van der Waals surface area contributed by atoms with Crippen molar-refractivity contribution in [2.24, 2.45) is 0 Å². The highest BCUT2D eigenvalue weighted by molar-refractivity contribution is 5.39. The molecule has 1 aromatic heterocycles. The van der Waals surface area contributed by atoms with Crippen LogP contribution >= 0.6 is 0 Å². The Bertz CT molecular complexity index is 799. The fraction of sp³-hybridized carbons (Fsp3) is 0.211. The Kier molecular flexibility index (Phi) is 5.01. The molecular formula is C19H21N5. The summed E-state index contributed by atoms with van der Waals surface area (Å²) in [5.41, 5.74) is 4.93. The fourth-order valence-electron chi connectivity index (χ4n) is 2.34. The van der Waals surface area contributed by atoms with E-state index in [0.717, 1.165) is 0 Å². The first-order chi connectivity index (χ1) is 11.7. The van der Waals surface area contributed by atoms with Crippen molar-refractivity contribution >= 4 is 11.8 Å². The van der Waals surface area contributed by atoms with Gasteiger partial charge in [0.15, 0.2) is 5.82 Å².